The number of carbonyl (C=O) groups is 1. The van der Waals surface area contributed by atoms with Crippen LogP contribution in [0.4, 0.5) is 33.1 Å². The molecule has 12 heteroatoms. The maximum Gasteiger partial charge on any atom is 0.247 e. The van der Waals surface area contributed by atoms with Crippen LogP contribution in [0.2, 0.25) is 0 Å². The van der Waals surface area contributed by atoms with E-state index in [0.717, 1.165) is 64.3 Å². The molecule has 0 saturated carbocycles. The number of nitrogens with one attached hydrogen (secondary N) is 2. The smallest absolute Gasteiger partial charge is 0.247 e. The summed E-state index contributed by atoms with van der Waals surface area (Å²) in [4.78, 5) is 34.8. The first kappa shape index (κ1) is 32.7. The summed E-state index contributed by atoms with van der Waals surface area (Å²) in [6.45, 7) is 15.4. The minimum Gasteiger partial charge on any atom is -0.494 e. The highest BCUT2D eigenvalue weighted by molar-refractivity contribution is 6.02. The third kappa shape index (κ3) is 7.19. The normalized spacial score (nSPS) is 19.5. The number of ether oxygens (including phenoxy) is 1. The summed E-state index contributed by atoms with van der Waals surface area (Å²) in [5.74, 6) is 1.06. The van der Waals surface area contributed by atoms with Gasteiger partial charge in [0.15, 0.2) is 5.82 Å². The maximum atomic E-state index is 15.1. The van der Waals surface area contributed by atoms with E-state index in [1.54, 1.807) is 37.3 Å². The van der Waals surface area contributed by atoms with Crippen molar-refractivity contribution in [3.05, 3.63) is 72.3 Å². The fourth-order valence-electron chi connectivity index (χ4n) is 6.88. The van der Waals surface area contributed by atoms with Crippen molar-refractivity contribution in [3.8, 4) is 5.75 Å². The van der Waals surface area contributed by atoms with E-state index < -0.39 is 0 Å². The Kier molecular flexibility index (Phi) is 10.2. The number of piperazine rings is 1. The van der Waals surface area contributed by atoms with Crippen molar-refractivity contribution in [1.82, 2.24) is 19.8 Å². The van der Waals surface area contributed by atoms with Gasteiger partial charge in [0.05, 0.1) is 36.8 Å². The second-order valence-electron chi connectivity index (χ2n) is 12.3. The van der Waals surface area contributed by atoms with Gasteiger partial charge in [0.2, 0.25) is 5.91 Å². The van der Waals surface area contributed by atoms with Gasteiger partial charge in [0, 0.05) is 69.4 Å². The van der Waals surface area contributed by atoms with E-state index in [0.29, 0.717) is 59.0 Å². The quantitative estimate of drug-likeness (QED) is 0.284. The highest BCUT2D eigenvalue weighted by Gasteiger charge is 2.32. The molecular weight excluding hydrogens is 599 g/mol. The zero-order chi connectivity index (χ0) is 32.9. The van der Waals surface area contributed by atoms with E-state index >= 15 is 4.39 Å². The van der Waals surface area contributed by atoms with Crippen molar-refractivity contribution in [2.24, 2.45) is 0 Å². The second-order valence-corrected chi connectivity index (χ2v) is 12.3. The van der Waals surface area contributed by atoms with Crippen LogP contribution >= 0.6 is 0 Å². The molecule has 0 unspecified atom stereocenters. The largest absolute Gasteiger partial charge is 0.494 e. The van der Waals surface area contributed by atoms with Gasteiger partial charge in [-0.3, -0.25) is 14.5 Å². The van der Waals surface area contributed by atoms with Crippen molar-refractivity contribution in [3.63, 3.8) is 0 Å². The maximum absolute atomic E-state index is 15.1. The van der Waals surface area contributed by atoms with Crippen LogP contribution in [0.3, 0.4) is 0 Å². The lowest BCUT2D eigenvalue weighted by Gasteiger charge is -2.43. The molecule has 47 heavy (non-hydrogen) atoms. The number of nitrogens with zero attached hydrogens (tertiary/aromatic N) is 6. The van der Waals surface area contributed by atoms with Gasteiger partial charge in [-0.2, -0.15) is 0 Å². The molecule has 0 aliphatic carbocycles. The van der Waals surface area contributed by atoms with Crippen molar-refractivity contribution in [2.75, 3.05) is 80.1 Å². The third-order valence-corrected chi connectivity index (χ3v) is 9.56. The first-order chi connectivity index (χ1) is 22.9. The molecule has 2 aromatic carbocycles. The number of likely N-dealkylation sites (N-methyl/N-ethyl adjacent to an activating group) is 1. The third-order valence-electron chi connectivity index (χ3n) is 9.56. The molecule has 1 aromatic heterocycles. The molecule has 0 spiro atoms. The summed E-state index contributed by atoms with van der Waals surface area (Å²) in [6, 6.07) is 11.2. The summed E-state index contributed by atoms with van der Waals surface area (Å²) in [7, 11) is 1.62. The number of piperidine rings is 1. The van der Waals surface area contributed by atoms with Crippen LogP contribution in [0.1, 0.15) is 43.4 Å². The standard InChI is InChI=1S/C35H45FN8O3/c1-5-34(45)40-27-20-28(31(46-4)21-30(27)43-13-10-25(11-14-43)42-17-15-41(6-2)16-18-42)39-32-22-33(38-23-37-32)44-29(12-19-47-44)26-9-7-8-24(3)35(26)36/h5,7-9,20-23,25,29H,1,6,10-19H2,2-4H3,(H,40,45)(H,37,38,39)/t29-/m1/s1. The van der Waals surface area contributed by atoms with Crippen molar-refractivity contribution < 1.29 is 18.8 Å². The van der Waals surface area contributed by atoms with Gasteiger partial charge in [-0.15, -0.1) is 0 Å². The number of aryl methyl sites for hydroxylation is 1. The zero-order valence-corrected chi connectivity index (χ0v) is 27.5. The summed E-state index contributed by atoms with van der Waals surface area (Å²) >= 11 is 0. The first-order valence-electron chi connectivity index (χ1n) is 16.5. The number of amides is 1. The second kappa shape index (κ2) is 14.7. The number of anilines is 5. The monoisotopic (exact) mass is 644 g/mol. The Morgan fingerprint density at radius 2 is 1.87 bits per heavy atom. The number of methoxy groups -OCH3 is 1. The summed E-state index contributed by atoms with van der Waals surface area (Å²) in [6.07, 6.45) is 5.44. The molecule has 11 nitrogen and oxygen atoms in total. The molecular formula is C35H45FN8O3. The highest BCUT2D eigenvalue weighted by Crippen LogP contribution is 2.41. The van der Waals surface area contributed by atoms with Crippen molar-refractivity contribution in [2.45, 2.75) is 45.2 Å². The molecule has 250 valence electrons. The van der Waals surface area contributed by atoms with E-state index in [9.17, 15) is 4.79 Å². The summed E-state index contributed by atoms with van der Waals surface area (Å²) in [5, 5.41) is 7.99. The Labute approximate surface area is 276 Å². The first-order valence-corrected chi connectivity index (χ1v) is 16.5. The Hall–Kier alpha value is -4.26. The average molecular weight is 645 g/mol. The average Bonchev–Trinajstić information content (AvgIpc) is 3.60. The summed E-state index contributed by atoms with van der Waals surface area (Å²) < 4.78 is 20.9. The molecule has 3 aliphatic rings. The number of rotatable bonds is 10. The number of benzene rings is 2. The topological polar surface area (TPSA) is 98.3 Å². The van der Waals surface area contributed by atoms with E-state index in [4.69, 9.17) is 9.57 Å². The Balaban J connectivity index is 1.22. The molecule has 1 atom stereocenters. The van der Waals surface area contributed by atoms with Crippen LogP contribution < -0.4 is 25.3 Å². The highest BCUT2D eigenvalue weighted by atomic mass is 19.1. The van der Waals surface area contributed by atoms with Gasteiger partial charge in [0.25, 0.3) is 0 Å². The van der Waals surface area contributed by atoms with Crippen LogP contribution in [-0.4, -0.2) is 91.2 Å². The van der Waals surface area contributed by atoms with Gasteiger partial charge in [-0.05, 0) is 44.0 Å². The molecule has 3 aromatic rings. The van der Waals surface area contributed by atoms with E-state index in [1.807, 2.05) is 18.2 Å². The lowest BCUT2D eigenvalue weighted by atomic mass is 10.0. The van der Waals surface area contributed by atoms with Crippen LogP contribution in [0.15, 0.2) is 55.4 Å². The minimum absolute atomic E-state index is 0.238. The van der Waals surface area contributed by atoms with Gasteiger partial charge >= 0.3 is 0 Å². The number of hydroxylamine groups is 1. The predicted molar refractivity (Wildman–Crippen MR) is 183 cm³/mol. The molecule has 2 N–H and O–H groups in total. The number of hydrogen-bond acceptors (Lipinski definition) is 10. The zero-order valence-electron chi connectivity index (χ0n) is 27.5. The van der Waals surface area contributed by atoms with Gasteiger partial charge in [0.1, 0.15) is 23.7 Å². The minimum atomic E-state index is -0.322. The van der Waals surface area contributed by atoms with Crippen molar-refractivity contribution in [1.29, 1.82) is 0 Å². The lowest BCUT2D eigenvalue weighted by Crippen LogP contribution is -2.53. The number of hydrogen-bond donors (Lipinski definition) is 2. The van der Waals surface area contributed by atoms with Gasteiger partial charge < -0.3 is 25.2 Å². The Morgan fingerprint density at radius 3 is 2.60 bits per heavy atom. The van der Waals surface area contributed by atoms with E-state index in [-0.39, 0.29) is 17.8 Å². The molecule has 3 saturated heterocycles. The van der Waals surface area contributed by atoms with Crippen LogP contribution in [0.5, 0.6) is 5.75 Å². The van der Waals surface area contributed by atoms with E-state index in [2.05, 4.69) is 48.8 Å². The number of carbonyl (C=O) groups excluding carboxylic acids is 1. The molecule has 0 bridgehead atoms. The molecule has 3 aliphatic heterocycles. The SMILES string of the molecule is C=CC(=O)Nc1cc(Nc2cc(N3OCC[C@@H]3c3cccc(C)c3F)ncn2)c(OC)cc1N1CCC(N2CCN(CC)CC2)CC1. The Morgan fingerprint density at radius 1 is 1.09 bits per heavy atom. The van der Waals surface area contributed by atoms with Gasteiger partial charge in [-0.25, -0.2) is 19.4 Å². The van der Waals surface area contributed by atoms with Crippen LogP contribution in [-0.2, 0) is 9.63 Å². The number of halogens is 1. The Bertz CT molecular complexity index is 1570. The molecule has 3 fully saturated rings. The lowest BCUT2D eigenvalue weighted by molar-refractivity contribution is -0.111. The van der Waals surface area contributed by atoms with E-state index in [1.165, 1.54) is 12.4 Å². The fraction of sp³-hybridized carbons (Fsp3) is 0.457. The molecule has 6 rings (SSSR count). The van der Waals surface area contributed by atoms with Crippen molar-refractivity contribution >= 4 is 34.6 Å². The number of aromatic nitrogens is 2. The molecule has 1 amide bonds. The van der Waals surface area contributed by atoms with Crippen LogP contribution in [0.25, 0.3) is 0 Å². The van der Waals surface area contributed by atoms with Gasteiger partial charge in [-0.1, -0.05) is 31.7 Å². The predicted octanol–water partition coefficient (Wildman–Crippen LogP) is 5.29. The van der Waals surface area contributed by atoms with Crippen LogP contribution in [0, 0.1) is 12.7 Å². The fourth-order valence-corrected chi connectivity index (χ4v) is 6.88. The molecule has 4 heterocycles. The summed E-state index contributed by atoms with van der Waals surface area (Å²) in [5.41, 5.74) is 3.32. The molecule has 0 radical (unpaired) electrons.